The van der Waals surface area contributed by atoms with Crippen LogP contribution in [0.2, 0.25) is 0 Å². The molecule has 1 aromatic rings. The first-order chi connectivity index (χ1) is 11.1. The standard InChI is InChI=1S/C17H25N3O3/c1-12(21)19-15-5-4-14(11-16(15)23-2)20-17(22)6-3-13-7-9-18-10-8-13/h4-5,11,13,18H,3,6-10H2,1-2H3,(H,19,21)(H,20,22). The lowest BCUT2D eigenvalue weighted by molar-refractivity contribution is -0.116. The molecule has 0 atom stereocenters. The number of amides is 2. The average Bonchev–Trinajstić information content (AvgIpc) is 2.55. The number of piperidine rings is 1. The van der Waals surface area contributed by atoms with Crippen molar-refractivity contribution in [2.75, 3.05) is 30.8 Å². The van der Waals surface area contributed by atoms with E-state index in [9.17, 15) is 9.59 Å². The molecule has 0 bridgehead atoms. The molecule has 126 valence electrons. The van der Waals surface area contributed by atoms with Crippen molar-refractivity contribution in [3.8, 4) is 5.75 Å². The molecule has 1 saturated heterocycles. The number of hydrogen-bond donors (Lipinski definition) is 3. The van der Waals surface area contributed by atoms with E-state index < -0.39 is 0 Å². The summed E-state index contributed by atoms with van der Waals surface area (Å²) < 4.78 is 5.25. The Bertz CT molecular complexity index is 554. The SMILES string of the molecule is COc1cc(NC(=O)CCC2CCNCC2)ccc1NC(C)=O. The van der Waals surface area contributed by atoms with Crippen molar-refractivity contribution in [3.05, 3.63) is 18.2 Å². The summed E-state index contributed by atoms with van der Waals surface area (Å²) in [5.41, 5.74) is 1.26. The first-order valence-electron chi connectivity index (χ1n) is 8.04. The zero-order valence-electron chi connectivity index (χ0n) is 13.8. The lowest BCUT2D eigenvalue weighted by Crippen LogP contribution is -2.28. The molecule has 3 N–H and O–H groups in total. The van der Waals surface area contributed by atoms with Gasteiger partial charge in [0.1, 0.15) is 5.75 Å². The van der Waals surface area contributed by atoms with Crippen LogP contribution in [0, 0.1) is 5.92 Å². The molecular formula is C17H25N3O3. The van der Waals surface area contributed by atoms with Gasteiger partial charge in [-0.3, -0.25) is 9.59 Å². The summed E-state index contributed by atoms with van der Waals surface area (Å²) in [5.74, 6) is 1.01. The van der Waals surface area contributed by atoms with Gasteiger partial charge in [0.2, 0.25) is 11.8 Å². The van der Waals surface area contributed by atoms with Gasteiger partial charge in [0.05, 0.1) is 12.8 Å². The van der Waals surface area contributed by atoms with Crippen molar-refractivity contribution >= 4 is 23.2 Å². The number of rotatable bonds is 6. The fourth-order valence-electron chi connectivity index (χ4n) is 2.79. The number of methoxy groups -OCH3 is 1. The molecule has 1 aliphatic rings. The maximum absolute atomic E-state index is 12.1. The average molecular weight is 319 g/mol. The van der Waals surface area contributed by atoms with Gasteiger partial charge in [0.25, 0.3) is 0 Å². The van der Waals surface area contributed by atoms with Gasteiger partial charge in [-0.05, 0) is 50.4 Å². The molecule has 1 heterocycles. The van der Waals surface area contributed by atoms with Gasteiger partial charge < -0.3 is 20.7 Å². The van der Waals surface area contributed by atoms with Crippen molar-refractivity contribution < 1.29 is 14.3 Å². The first-order valence-corrected chi connectivity index (χ1v) is 8.04. The second kappa shape index (κ2) is 8.53. The van der Waals surface area contributed by atoms with E-state index in [4.69, 9.17) is 4.74 Å². The zero-order chi connectivity index (χ0) is 16.7. The number of nitrogens with one attached hydrogen (secondary N) is 3. The van der Waals surface area contributed by atoms with Crippen LogP contribution >= 0.6 is 0 Å². The summed E-state index contributed by atoms with van der Waals surface area (Å²) in [7, 11) is 1.53. The Balaban J connectivity index is 1.88. The normalized spacial score (nSPS) is 15.0. The number of carbonyl (C=O) groups excluding carboxylic acids is 2. The maximum Gasteiger partial charge on any atom is 0.224 e. The largest absolute Gasteiger partial charge is 0.494 e. The molecule has 0 aliphatic carbocycles. The van der Waals surface area contributed by atoms with Crippen LogP contribution in [0.1, 0.15) is 32.6 Å². The van der Waals surface area contributed by atoms with Crippen LogP contribution in [0.25, 0.3) is 0 Å². The highest BCUT2D eigenvalue weighted by atomic mass is 16.5. The van der Waals surface area contributed by atoms with Crippen molar-refractivity contribution in [1.82, 2.24) is 5.32 Å². The number of hydrogen-bond acceptors (Lipinski definition) is 4. The summed E-state index contributed by atoms with van der Waals surface area (Å²) in [6.45, 7) is 3.54. The van der Waals surface area contributed by atoms with Crippen LogP contribution in [-0.2, 0) is 9.59 Å². The van der Waals surface area contributed by atoms with Crippen LogP contribution in [0.3, 0.4) is 0 Å². The molecule has 6 nitrogen and oxygen atoms in total. The van der Waals surface area contributed by atoms with E-state index >= 15 is 0 Å². The molecule has 0 aromatic heterocycles. The van der Waals surface area contributed by atoms with Gasteiger partial charge in [0.15, 0.2) is 0 Å². The molecule has 0 unspecified atom stereocenters. The molecule has 2 rings (SSSR count). The lowest BCUT2D eigenvalue weighted by Gasteiger charge is -2.22. The van der Waals surface area contributed by atoms with Crippen LogP contribution in [0.15, 0.2) is 18.2 Å². The summed E-state index contributed by atoms with van der Waals surface area (Å²) in [4.78, 5) is 23.2. The maximum atomic E-state index is 12.1. The smallest absolute Gasteiger partial charge is 0.224 e. The number of benzene rings is 1. The molecule has 1 aromatic carbocycles. The molecule has 0 saturated carbocycles. The minimum absolute atomic E-state index is 0.0119. The minimum atomic E-state index is -0.165. The second-order valence-corrected chi connectivity index (χ2v) is 5.88. The Morgan fingerprint density at radius 2 is 2.00 bits per heavy atom. The molecule has 0 radical (unpaired) electrons. The van der Waals surface area contributed by atoms with Crippen LogP contribution in [-0.4, -0.2) is 32.0 Å². The van der Waals surface area contributed by atoms with Crippen LogP contribution in [0.4, 0.5) is 11.4 Å². The van der Waals surface area contributed by atoms with E-state index in [-0.39, 0.29) is 11.8 Å². The van der Waals surface area contributed by atoms with E-state index in [1.165, 1.54) is 14.0 Å². The van der Waals surface area contributed by atoms with Crippen molar-refractivity contribution in [2.24, 2.45) is 5.92 Å². The van der Waals surface area contributed by atoms with E-state index in [1.54, 1.807) is 18.2 Å². The molecule has 6 heteroatoms. The van der Waals surface area contributed by atoms with E-state index in [0.29, 0.717) is 29.5 Å². The number of anilines is 2. The quantitative estimate of drug-likeness (QED) is 0.752. The Labute approximate surface area is 137 Å². The van der Waals surface area contributed by atoms with Crippen molar-refractivity contribution in [1.29, 1.82) is 0 Å². The monoisotopic (exact) mass is 319 g/mol. The Morgan fingerprint density at radius 3 is 2.65 bits per heavy atom. The Morgan fingerprint density at radius 1 is 1.26 bits per heavy atom. The third-order valence-corrected chi connectivity index (χ3v) is 4.03. The summed E-state index contributed by atoms with van der Waals surface area (Å²) in [6, 6.07) is 5.20. The summed E-state index contributed by atoms with van der Waals surface area (Å²) in [5, 5.41) is 8.91. The topological polar surface area (TPSA) is 79.5 Å². The van der Waals surface area contributed by atoms with E-state index in [2.05, 4.69) is 16.0 Å². The summed E-state index contributed by atoms with van der Waals surface area (Å²) in [6.07, 6.45) is 3.74. The second-order valence-electron chi connectivity index (χ2n) is 5.88. The van der Waals surface area contributed by atoms with Crippen LogP contribution < -0.4 is 20.7 Å². The Kier molecular flexibility index (Phi) is 6.40. The van der Waals surface area contributed by atoms with Gasteiger partial charge in [-0.25, -0.2) is 0 Å². The molecule has 2 amide bonds. The van der Waals surface area contributed by atoms with E-state index in [0.717, 1.165) is 32.4 Å². The third-order valence-electron chi connectivity index (χ3n) is 4.03. The predicted molar refractivity (Wildman–Crippen MR) is 90.8 cm³/mol. The molecule has 1 aliphatic heterocycles. The highest BCUT2D eigenvalue weighted by Crippen LogP contribution is 2.28. The molecule has 1 fully saturated rings. The van der Waals surface area contributed by atoms with Crippen LogP contribution in [0.5, 0.6) is 5.75 Å². The molecular weight excluding hydrogens is 294 g/mol. The highest BCUT2D eigenvalue weighted by Gasteiger charge is 2.15. The zero-order valence-corrected chi connectivity index (χ0v) is 13.8. The van der Waals surface area contributed by atoms with Gasteiger partial charge in [-0.15, -0.1) is 0 Å². The van der Waals surface area contributed by atoms with Gasteiger partial charge in [-0.2, -0.15) is 0 Å². The fraction of sp³-hybridized carbons (Fsp3) is 0.529. The third kappa shape index (κ3) is 5.56. The fourth-order valence-corrected chi connectivity index (χ4v) is 2.79. The van der Waals surface area contributed by atoms with E-state index in [1.807, 2.05) is 0 Å². The minimum Gasteiger partial charge on any atom is -0.494 e. The highest BCUT2D eigenvalue weighted by molar-refractivity contribution is 5.93. The van der Waals surface area contributed by atoms with Crippen molar-refractivity contribution in [2.45, 2.75) is 32.6 Å². The van der Waals surface area contributed by atoms with Gasteiger partial charge in [0, 0.05) is 25.1 Å². The summed E-state index contributed by atoms with van der Waals surface area (Å²) >= 11 is 0. The van der Waals surface area contributed by atoms with Gasteiger partial charge >= 0.3 is 0 Å². The van der Waals surface area contributed by atoms with Crippen molar-refractivity contribution in [3.63, 3.8) is 0 Å². The number of ether oxygens (including phenoxy) is 1. The lowest BCUT2D eigenvalue weighted by atomic mass is 9.93. The predicted octanol–water partition coefficient (Wildman–Crippen LogP) is 2.37. The number of carbonyl (C=O) groups is 2. The molecule has 0 spiro atoms. The first kappa shape index (κ1) is 17.3. The molecule has 23 heavy (non-hydrogen) atoms. The van der Waals surface area contributed by atoms with Gasteiger partial charge in [-0.1, -0.05) is 0 Å². The Hall–Kier alpha value is -2.08.